The Bertz CT molecular complexity index is 900. The lowest BCUT2D eigenvalue weighted by molar-refractivity contribution is -0.155. The molecule has 2 rings (SSSR count). The SMILES string of the molecule is CC.CC.CONOCC(CCc1ccc(-c2ccc(OC)cc2S)cc1C)NC(=O)OC(C)(C)C. The highest BCUT2D eigenvalue weighted by Crippen LogP contribution is 2.31. The highest BCUT2D eigenvalue weighted by atomic mass is 32.1. The maximum atomic E-state index is 12.2. The van der Waals surface area contributed by atoms with Crippen molar-refractivity contribution < 1.29 is 23.9 Å². The molecule has 8 heteroatoms. The normalized spacial score (nSPS) is 11.3. The number of amides is 1. The van der Waals surface area contributed by atoms with E-state index in [-0.39, 0.29) is 12.6 Å². The van der Waals surface area contributed by atoms with Gasteiger partial charge in [0.05, 0.1) is 26.9 Å². The van der Waals surface area contributed by atoms with Crippen LogP contribution in [-0.2, 0) is 20.8 Å². The van der Waals surface area contributed by atoms with Gasteiger partial charge in [0.15, 0.2) is 0 Å². The lowest BCUT2D eigenvalue weighted by Crippen LogP contribution is -2.42. The van der Waals surface area contributed by atoms with E-state index in [1.807, 2.05) is 66.7 Å². The first-order valence-electron chi connectivity index (χ1n) is 12.5. The van der Waals surface area contributed by atoms with E-state index in [9.17, 15) is 4.79 Å². The van der Waals surface area contributed by atoms with Crippen molar-refractivity contribution in [2.75, 3.05) is 20.8 Å². The lowest BCUT2D eigenvalue weighted by atomic mass is 9.96. The largest absolute Gasteiger partial charge is 0.497 e. The van der Waals surface area contributed by atoms with E-state index in [4.69, 9.17) is 19.1 Å². The molecule has 0 saturated carbocycles. The predicted molar refractivity (Wildman–Crippen MR) is 151 cm³/mol. The second-order valence-electron chi connectivity index (χ2n) is 8.50. The zero-order valence-electron chi connectivity index (χ0n) is 23.7. The Morgan fingerprint density at radius 2 is 1.69 bits per heavy atom. The number of hydrogen-bond acceptors (Lipinski definition) is 7. The van der Waals surface area contributed by atoms with Crippen LogP contribution in [0.2, 0.25) is 0 Å². The van der Waals surface area contributed by atoms with Gasteiger partial charge in [0.1, 0.15) is 11.4 Å². The number of hydrogen-bond donors (Lipinski definition) is 3. The second kappa shape index (κ2) is 18.1. The summed E-state index contributed by atoms with van der Waals surface area (Å²) in [4.78, 5) is 23.0. The average Bonchev–Trinajstić information content (AvgIpc) is 2.84. The molecule has 0 saturated heterocycles. The summed E-state index contributed by atoms with van der Waals surface area (Å²) < 4.78 is 10.6. The van der Waals surface area contributed by atoms with Gasteiger partial charge in [-0.25, -0.2) is 4.79 Å². The molecule has 1 unspecified atom stereocenters. The molecule has 0 bridgehead atoms. The van der Waals surface area contributed by atoms with Crippen molar-refractivity contribution in [3.63, 3.8) is 0 Å². The first-order valence-corrected chi connectivity index (χ1v) is 12.9. The number of ether oxygens (including phenoxy) is 2. The van der Waals surface area contributed by atoms with Gasteiger partial charge in [-0.15, -0.1) is 12.6 Å². The van der Waals surface area contributed by atoms with E-state index < -0.39 is 11.7 Å². The summed E-state index contributed by atoms with van der Waals surface area (Å²) in [5, 5.41) is 2.87. The molecule has 0 aromatic heterocycles. The van der Waals surface area contributed by atoms with Gasteiger partial charge in [-0.2, -0.15) is 0 Å². The Balaban J connectivity index is 0.00000291. The zero-order chi connectivity index (χ0) is 27.7. The fourth-order valence-electron chi connectivity index (χ4n) is 3.22. The summed E-state index contributed by atoms with van der Waals surface area (Å²) in [6.07, 6.45) is 0.959. The molecule has 204 valence electrons. The number of rotatable bonds is 10. The first kappa shape index (κ1) is 33.7. The van der Waals surface area contributed by atoms with Crippen molar-refractivity contribution in [2.24, 2.45) is 0 Å². The third-order valence-electron chi connectivity index (χ3n) is 4.77. The Morgan fingerprint density at radius 3 is 2.22 bits per heavy atom. The summed E-state index contributed by atoms with van der Waals surface area (Å²) in [6, 6.07) is 11.9. The van der Waals surface area contributed by atoms with E-state index in [0.717, 1.165) is 33.8 Å². The quantitative estimate of drug-likeness (QED) is 0.179. The monoisotopic (exact) mass is 522 g/mol. The van der Waals surface area contributed by atoms with Crippen LogP contribution in [-0.4, -0.2) is 38.6 Å². The fraction of sp³-hybridized carbons (Fsp3) is 0.536. The zero-order valence-corrected chi connectivity index (χ0v) is 24.5. The smallest absolute Gasteiger partial charge is 0.407 e. The average molecular weight is 523 g/mol. The Hall–Kier alpha value is -2.26. The summed E-state index contributed by atoms with van der Waals surface area (Å²) in [7, 11) is 3.10. The van der Waals surface area contributed by atoms with Crippen LogP contribution in [0.5, 0.6) is 5.75 Å². The van der Waals surface area contributed by atoms with Crippen LogP contribution in [0.25, 0.3) is 11.1 Å². The molecule has 0 heterocycles. The maximum absolute atomic E-state index is 12.2. The minimum absolute atomic E-state index is 0.235. The number of methoxy groups -OCH3 is 1. The maximum Gasteiger partial charge on any atom is 0.407 e. The number of carbonyl (C=O) groups is 1. The van der Waals surface area contributed by atoms with Crippen LogP contribution < -0.4 is 15.7 Å². The van der Waals surface area contributed by atoms with Crippen LogP contribution >= 0.6 is 12.6 Å². The van der Waals surface area contributed by atoms with E-state index in [1.165, 1.54) is 12.7 Å². The molecule has 0 aliphatic carbocycles. The molecular formula is C28H46N2O5S. The highest BCUT2D eigenvalue weighted by molar-refractivity contribution is 7.80. The molecular weight excluding hydrogens is 476 g/mol. The van der Waals surface area contributed by atoms with Gasteiger partial charge in [0, 0.05) is 4.90 Å². The molecule has 0 spiro atoms. The summed E-state index contributed by atoms with van der Waals surface area (Å²) >= 11 is 4.60. The second-order valence-corrected chi connectivity index (χ2v) is 8.99. The summed E-state index contributed by atoms with van der Waals surface area (Å²) in [5.41, 5.74) is 6.27. The van der Waals surface area contributed by atoms with Crippen molar-refractivity contribution in [1.82, 2.24) is 11.0 Å². The summed E-state index contributed by atoms with van der Waals surface area (Å²) in [5.74, 6) is 0.779. The van der Waals surface area contributed by atoms with Crippen molar-refractivity contribution >= 4 is 18.7 Å². The number of thiol groups is 1. The van der Waals surface area contributed by atoms with Crippen LogP contribution in [0.1, 0.15) is 66.0 Å². The Labute approximate surface area is 223 Å². The van der Waals surface area contributed by atoms with E-state index >= 15 is 0 Å². The number of alkyl carbamates (subject to hydrolysis) is 1. The van der Waals surface area contributed by atoms with Gasteiger partial charge in [0.25, 0.3) is 0 Å². The molecule has 7 nitrogen and oxygen atoms in total. The first-order chi connectivity index (χ1) is 17.1. The molecule has 1 amide bonds. The highest BCUT2D eigenvalue weighted by Gasteiger charge is 2.20. The Kier molecular flexibility index (Phi) is 16.9. The van der Waals surface area contributed by atoms with Crippen LogP contribution in [0.3, 0.4) is 0 Å². The molecule has 1 atom stereocenters. The minimum atomic E-state index is -0.569. The van der Waals surface area contributed by atoms with Crippen molar-refractivity contribution in [3.8, 4) is 16.9 Å². The van der Waals surface area contributed by atoms with Crippen molar-refractivity contribution in [2.45, 2.75) is 84.8 Å². The Morgan fingerprint density at radius 1 is 1.03 bits per heavy atom. The van der Waals surface area contributed by atoms with Crippen LogP contribution in [0, 0.1) is 6.92 Å². The van der Waals surface area contributed by atoms with E-state index in [0.29, 0.717) is 6.42 Å². The third-order valence-corrected chi connectivity index (χ3v) is 5.14. The molecule has 0 fully saturated rings. The van der Waals surface area contributed by atoms with E-state index in [1.54, 1.807) is 7.11 Å². The van der Waals surface area contributed by atoms with Crippen LogP contribution in [0.15, 0.2) is 41.3 Å². The fourth-order valence-corrected chi connectivity index (χ4v) is 3.55. The number of carbonyl (C=O) groups excluding carboxylic acids is 1. The van der Waals surface area contributed by atoms with Gasteiger partial charge in [-0.05, 0) is 81.0 Å². The van der Waals surface area contributed by atoms with Gasteiger partial charge in [-0.3, -0.25) is 9.68 Å². The number of nitrogens with one attached hydrogen (secondary N) is 2. The molecule has 0 aliphatic heterocycles. The lowest BCUT2D eigenvalue weighted by Gasteiger charge is -2.23. The van der Waals surface area contributed by atoms with Gasteiger partial charge < -0.3 is 14.8 Å². The van der Waals surface area contributed by atoms with Gasteiger partial charge >= 0.3 is 6.09 Å². The predicted octanol–water partition coefficient (Wildman–Crippen LogP) is 6.92. The van der Waals surface area contributed by atoms with Gasteiger partial charge in [-0.1, -0.05) is 51.5 Å². The van der Waals surface area contributed by atoms with E-state index in [2.05, 4.69) is 48.7 Å². The van der Waals surface area contributed by atoms with Gasteiger partial charge in [0.2, 0.25) is 0 Å². The molecule has 0 aliphatic rings. The standard InChI is InChI=1S/C24H34N2O5S.2C2H6/c1-16-13-18(21-12-11-20(28-5)14-22(21)32)8-7-17(16)9-10-19(15-30-26-29-6)25-23(27)31-24(2,3)4;2*1-2/h7-8,11-14,19,26,32H,9-10,15H2,1-6H3,(H,25,27);2*1-2H3. The third kappa shape index (κ3) is 12.6. The topological polar surface area (TPSA) is 78.0 Å². The van der Waals surface area contributed by atoms with Crippen LogP contribution in [0.4, 0.5) is 4.79 Å². The minimum Gasteiger partial charge on any atom is -0.497 e. The molecule has 2 N–H and O–H groups in total. The number of benzene rings is 2. The molecule has 36 heavy (non-hydrogen) atoms. The van der Waals surface area contributed by atoms with Crippen molar-refractivity contribution in [3.05, 3.63) is 47.5 Å². The molecule has 2 aromatic carbocycles. The summed E-state index contributed by atoms with van der Waals surface area (Å²) in [6.45, 7) is 15.8. The number of aryl methyl sites for hydroxylation is 2. The molecule has 0 radical (unpaired) electrons. The van der Waals surface area contributed by atoms with Crippen molar-refractivity contribution in [1.29, 1.82) is 0 Å². The molecule has 2 aromatic rings.